The van der Waals surface area contributed by atoms with Gasteiger partial charge in [0.15, 0.2) is 0 Å². The third kappa shape index (κ3) is 6.36. The van der Waals surface area contributed by atoms with Crippen LogP contribution in [-0.4, -0.2) is 72.1 Å². The zero-order valence-electron chi connectivity index (χ0n) is 24.3. The van der Waals surface area contributed by atoms with Crippen LogP contribution in [0, 0.1) is 13.8 Å². The van der Waals surface area contributed by atoms with Crippen LogP contribution in [0.25, 0.3) is 32.6 Å². The Morgan fingerprint density at radius 1 is 0.579 bits per heavy atom. The summed E-state index contributed by atoms with van der Waals surface area (Å²) in [6.07, 6.45) is 2.24. The summed E-state index contributed by atoms with van der Waals surface area (Å²) in [5.74, 6) is 0. The van der Waals surface area contributed by atoms with E-state index in [-0.39, 0.29) is 0 Å². The van der Waals surface area contributed by atoms with E-state index >= 15 is 0 Å². The number of fused-ring (bicyclic) bond motifs is 5. The number of nitrogens with one attached hydrogen (secondary N) is 2. The van der Waals surface area contributed by atoms with Gasteiger partial charge in [-0.25, -0.2) is 0 Å². The van der Waals surface area contributed by atoms with E-state index in [1.807, 2.05) is 0 Å². The molecule has 0 aliphatic carbocycles. The maximum atomic E-state index is 5.00. The Morgan fingerprint density at radius 2 is 0.947 bits per heavy atom. The molecule has 6 heteroatoms. The topological polar surface area (TPSA) is 56.3 Å². The highest BCUT2D eigenvalue weighted by molar-refractivity contribution is 6.18. The quantitative estimate of drug-likeness (QED) is 0.142. The zero-order chi connectivity index (χ0) is 27.1. The van der Waals surface area contributed by atoms with Crippen LogP contribution in [0.15, 0.2) is 36.4 Å². The molecule has 0 radical (unpaired) electrons. The van der Waals surface area contributed by atoms with Gasteiger partial charge in [-0.2, -0.15) is 0 Å². The Kier molecular flexibility index (Phi) is 9.75. The molecule has 6 nitrogen and oxygen atoms in total. The largest absolute Gasteiger partial charge is 0.384 e. The van der Waals surface area contributed by atoms with Crippen molar-refractivity contribution >= 4 is 44.0 Å². The average molecular weight is 515 g/mol. The molecule has 4 rings (SSSR count). The molecule has 0 aliphatic heterocycles. The second-order valence-corrected chi connectivity index (χ2v) is 10.3. The Hall–Kier alpha value is -2.96. The van der Waals surface area contributed by atoms with Crippen molar-refractivity contribution in [3.05, 3.63) is 47.8 Å². The van der Waals surface area contributed by atoms with Gasteiger partial charge in [0, 0.05) is 57.4 Å². The van der Waals surface area contributed by atoms with Crippen LogP contribution < -0.4 is 10.6 Å². The fourth-order valence-corrected chi connectivity index (χ4v) is 5.46. The molecule has 2 heterocycles. The Labute approximate surface area is 228 Å². The molecular weight excluding hydrogens is 468 g/mol. The van der Waals surface area contributed by atoms with E-state index in [0.717, 1.165) is 98.4 Å². The van der Waals surface area contributed by atoms with Gasteiger partial charge in [0.25, 0.3) is 0 Å². The highest BCUT2D eigenvalue weighted by Gasteiger charge is 2.13. The molecule has 0 amide bonds. The van der Waals surface area contributed by atoms with Crippen LogP contribution in [0.1, 0.15) is 51.9 Å². The van der Waals surface area contributed by atoms with Crippen LogP contribution in [0.3, 0.4) is 0 Å². The lowest BCUT2D eigenvalue weighted by Gasteiger charge is -2.19. The Balaban J connectivity index is 1.63. The van der Waals surface area contributed by atoms with Crippen LogP contribution in [-0.2, 0) is 0 Å². The van der Waals surface area contributed by atoms with E-state index in [2.05, 4.69) is 98.4 Å². The molecule has 2 aromatic heterocycles. The van der Waals surface area contributed by atoms with Crippen LogP contribution in [0.2, 0.25) is 0 Å². The average Bonchev–Trinajstić information content (AvgIpc) is 2.92. The highest BCUT2D eigenvalue weighted by Crippen LogP contribution is 2.35. The van der Waals surface area contributed by atoms with Crippen LogP contribution >= 0.6 is 0 Å². The molecule has 0 bridgehead atoms. The minimum atomic E-state index is 0.953. The molecule has 0 fully saturated rings. The molecule has 0 saturated carbocycles. The van der Waals surface area contributed by atoms with E-state index in [4.69, 9.17) is 9.97 Å². The summed E-state index contributed by atoms with van der Waals surface area (Å²) < 4.78 is 0. The number of hydrogen-bond acceptors (Lipinski definition) is 6. The molecule has 38 heavy (non-hydrogen) atoms. The maximum Gasteiger partial charge on any atom is 0.0805 e. The smallest absolute Gasteiger partial charge is 0.0805 e. The molecule has 2 N–H and O–H groups in total. The van der Waals surface area contributed by atoms with Crippen molar-refractivity contribution in [2.75, 3.05) is 63.0 Å². The first kappa shape index (κ1) is 28.1. The standard InChI is InChI=1S/C32H46N6/c1-7-37(8-2)19-11-17-33-29-21-23(5)35-31-25-14-16-28-30(34-18-12-20-38(9-3)10-4)22-24(6)36-32(28)26(25)13-15-27(29)31/h13-16,21-22H,7-12,17-20H2,1-6H3,(H,33,35)(H,34,36). The monoisotopic (exact) mass is 514 g/mol. The molecule has 0 aliphatic rings. The van der Waals surface area contributed by atoms with E-state index in [1.165, 1.54) is 22.1 Å². The predicted molar refractivity (Wildman–Crippen MR) is 166 cm³/mol. The lowest BCUT2D eigenvalue weighted by atomic mass is 10.0. The molecule has 2 aromatic carbocycles. The summed E-state index contributed by atoms with van der Waals surface area (Å²) in [6.45, 7) is 21.7. The van der Waals surface area contributed by atoms with E-state index < -0.39 is 0 Å². The first-order chi connectivity index (χ1) is 18.5. The van der Waals surface area contributed by atoms with Crippen molar-refractivity contribution in [1.82, 2.24) is 19.8 Å². The fourth-order valence-electron chi connectivity index (χ4n) is 5.46. The van der Waals surface area contributed by atoms with Crippen molar-refractivity contribution in [2.24, 2.45) is 0 Å². The highest BCUT2D eigenvalue weighted by atomic mass is 15.1. The predicted octanol–water partition coefficient (Wildman–Crippen LogP) is 6.84. The van der Waals surface area contributed by atoms with E-state index in [1.54, 1.807) is 0 Å². The number of nitrogens with zero attached hydrogens (tertiary/aromatic N) is 4. The van der Waals surface area contributed by atoms with E-state index in [9.17, 15) is 0 Å². The minimum Gasteiger partial charge on any atom is -0.384 e. The molecular formula is C32H46N6. The lowest BCUT2D eigenvalue weighted by molar-refractivity contribution is 0.303. The molecule has 4 aromatic rings. The summed E-state index contributed by atoms with van der Waals surface area (Å²) in [5.41, 5.74) is 6.50. The number of rotatable bonds is 14. The summed E-state index contributed by atoms with van der Waals surface area (Å²) in [5, 5.41) is 12.1. The second-order valence-electron chi connectivity index (χ2n) is 10.3. The summed E-state index contributed by atoms with van der Waals surface area (Å²) in [7, 11) is 0. The number of pyridine rings is 2. The summed E-state index contributed by atoms with van der Waals surface area (Å²) in [4.78, 5) is 14.9. The summed E-state index contributed by atoms with van der Waals surface area (Å²) >= 11 is 0. The van der Waals surface area contributed by atoms with Crippen molar-refractivity contribution < 1.29 is 0 Å². The van der Waals surface area contributed by atoms with Gasteiger partial charge in [0.1, 0.15) is 0 Å². The Morgan fingerprint density at radius 3 is 1.32 bits per heavy atom. The van der Waals surface area contributed by atoms with Crippen molar-refractivity contribution in [2.45, 2.75) is 54.4 Å². The number of anilines is 2. The molecule has 0 spiro atoms. The number of hydrogen-bond donors (Lipinski definition) is 2. The van der Waals surface area contributed by atoms with Gasteiger partial charge in [-0.1, -0.05) is 52.0 Å². The summed E-state index contributed by atoms with van der Waals surface area (Å²) in [6, 6.07) is 13.3. The van der Waals surface area contributed by atoms with Gasteiger partial charge in [0.05, 0.1) is 11.0 Å². The van der Waals surface area contributed by atoms with Crippen molar-refractivity contribution in [3.8, 4) is 0 Å². The van der Waals surface area contributed by atoms with Gasteiger partial charge >= 0.3 is 0 Å². The number of aromatic nitrogens is 2. The zero-order valence-corrected chi connectivity index (χ0v) is 24.3. The number of benzene rings is 2. The van der Waals surface area contributed by atoms with Gasteiger partial charge < -0.3 is 20.4 Å². The minimum absolute atomic E-state index is 0.953. The van der Waals surface area contributed by atoms with Crippen molar-refractivity contribution in [3.63, 3.8) is 0 Å². The Bertz CT molecular complexity index is 1250. The van der Waals surface area contributed by atoms with Gasteiger partial charge in [-0.05, 0) is 78.1 Å². The third-order valence-electron chi connectivity index (χ3n) is 7.73. The lowest BCUT2D eigenvalue weighted by Crippen LogP contribution is -2.25. The molecule has 0 saturated heterocycles. The first-order valence-corrected chi connectivity index (χ1v) is 14.6. The first-order valence-electron chi connectivity index (χ1n) is 14.6. The van der Waals surface area contributed by atoms with Crippen LogP contribution in [0.4, 0.5) is 11.4 Å². The normalized spacial score (nSPS) is 11.9. The van der Waals surface area contributed by atoms with Gasteiger partial charge in [-0.3, -0.25) is 9.97 Å². The van der Waals surface area contributed by atoms with Gasteiger partial charge in [-0.15, -0.1) is 0 Å². The second kappa shape index (κ2) is 13.2. The molecule has 204 valence electrons. The maximum absolute atomic E-state index is 5.00. The van der Waals surface area contributed by atoms with Gasteiger partial charge in [0.2, 0.25) is 0 Å². The third-order valence-corrected chi connectivity index (χ3v) is 7.73. The van der Waals surface area contributed by atoms with Crippen molar-refractivity contribution in [1.29, 1.82) is 0 Å². The number of aryl methyl sites for hydroxylation is 2. The van der Waals surface area contributed by atoms with Crippen LogP contribution in [0.5, 0.6) is 0 Å². The molecule has 0 unspecified atom stereocenters. The van der Waals surface area contributed by atoms with E-state index in [0.29, 0.717) is 0 Å². The fraction of sp³-hybridized carbons (Fsp3) is 0.500. The SMILES string of the molecule is CCN(CC)CCCNc1cc(C)nc2c1ccc1c2ccc2c(NCCCN(CC)CC)cc(C)nc21. The molecule has 0 atom stereocenters.